The molecule has 3 aromatic rings. The first-order chi connectivity index (χ1) is 9.24. The highest BCUT2D eigenvalue weighted by atomic mass is 32.1. The van der Waals surface area contributed by atoms with Gasteiger partial charge in [-0.05, 0) is 22.4 Å². The number of fused-ring (bicyclic) bond motifs is 1. The van der Waals surface area contributed by atoms with Crippen molar-refractivity contribution in [2.24, 2.45) is 0 Å². The molecule has 1 atom stereocenters. The third-order valence-electron chi connectivity index (χ3n) is 2.87. The number of aromatic amines is 1. The van der Waals surface area contributed by atoms with Crippen molar-refractivity contribution in [3.8, 4) is 0 Å². The Kier molecular flexibility index (Phi) is 3.10. The molecule has 0 spiro atoms. The van der Waals surface area contributed by atoms with Gasteiger partial charge in [0.25, 0.3) is 5.91 Å². The van der Waals surface area contributed by atoms with Crippen LogP contribution >= 0.6 is 11.3 Å². The molecule has 3 aromatic heterocycles. The molecule has 0 aliphatic heterocycles. The molecule has 1 amide bonds. The molecule has 3 rings (SSSR count). The van der Waals surface area contributed by atoms with Gasteiger partial charge in [0.1, 0.15) is 5.69 Å². The number of aliphatic hydroxyl groups excluding tert-OH is 1. The molecular formula is C13H12N2O3S. The molecule has 98 valence electrons. The molecule has 0 aromatic carbocycles. The Balaban J connectivity index is 1.64. The van der Waals surface area contributed by atoms with Gasteiger partial charge in [0.2, 0.25) is 0 Å². The first-order valence-corrected chi connectivity index (χ1v) is 6.73. The molecule has 5 nitrogen and oxygen atoms in total. The maximum absolute atomic E-state index is 11.9. The fourth-order valence-corrected chi connectivity index (χ4v) is 2.54. The number of thiophene rings is 1. The highest BCUT2D eigenvalue weighted by molar-refractivity contribution is 7.07. The Morgan fingerprint density at radius 2 is 2.42 bits per heavy atom. The van der Waals surface area contributed by atoms with E-state index in [0.717, 1.165) is 11.1 Å². The number of aromatic nitrogens is 1. The van der Waals surface area contributed by atoms with E-state index < -0.39 is 6.10 Å². The molecule has 0 bridgehead atoms. The Morgan fingerprint density at radius 1 is 1.53 bits per heavy atom. The SMILES string of the molecule is O=C(NCC(O)c1ccsc1)c1cc2occc2[nH]1. The van der Waals surface area contributed by atoms with E-state index in [1.54, 1.807) is 18.4 Å². The van der Waals surface area contributed by atoms with E-state index >= 15 is 0 Å². The molecule has 0 saturated carbocycles. The van der Waals surface area contributed by atoms with E-state index in [-0.39, 0.29) is 12.5 Å². The summed E-state index contributed by atoms with van der Waals surface area (Å²) >= 11 is 1.51. The van der Waals surface area contributed by atoms with Crippen molar-refractivity contribution < 1.29 is 14.3 Å². The zero-order chi connectivity index (χ0) is 13.2. The minimum absolute atomic E-state index is 0.177. The van der Waals surface area contributed by atoms with Crippen LogP contribution in [0.4, 0.5) is 0 Å². The van der Waals surface area contributed by atoms with Gasteiger partial charge in [0.05, 0.1) is 17.9 Å². The molecule has 0 aliphatic carbocycles. The van der Waals surface area contributed by atoms with Crippen LogP contribution in [-0.2, 0) is 0 Å². The fraction of sp³-hybridized carbons (Fsp3) is 0.154. The summed E-state index contributed by atoms with van der Waals surface area (Å²) in [6.07, 6.45) is 0.872. The molecule has 0 radical (unpaired) electrons. The summed E-state index contributed by atoms with van der Waals surface area (Å²) in [6, 6.07) is 5.23. The standard InChI is InChI=1S/C13H12N2O3S/c16-11(8-2-4-19-7-8)6-14-13(17)10-5-12-9(15-10)1-3-18-12/h1-5,7,11,15-16H,6H2,(H,14,17). The Hall–Kier alpha value is -2.05. The lowest BCUT2D eigenvalue weighted by molar-refractivity contribution is 0.0912. The quantitative estimate of drug-likeness (QED) is 0.684. The number of aliphatic hydroxyl groups is 1. The number of hydrogen-bond acceptors (Lipinski definition) is 4. The molecular weight excluding hydrogens is 264 g/mol. The van der Waals surface area contributed by atoms with Crippen LogP contribution in [0.5, 0.6) is 0 Å². The minimum atomic E-state index is -0.687. The minimum Gasteiger partial charge on any atom is -0.463 e. The van der Waals surface area contributed by atoms with E-state index in [2.05, 4.69) is 10.3 Å². The van der Waals surface area contributed by atoms with Crippen molar-refractivity contribution in [2.45, 2.75) is 6.10 Å². The van der Waals surface area contributed by atoms with Gasteiger partial charge in [0.15, 0.2) is 5.58 Å². The smallest absolute Gasteiger partial charge is 0.267 e. The van der Waals surface area contributed by atoms with Crippen LogP contribution in [0, 0.1) is 0 Å². The van der Waals surface area contributed by atoms with Gasteiger partial charge >= 0.3 is 0 Å². The van der Waals surface area contributed by atoms with Crippen molar-refractivity contribution in [1.82, 2.24) is 10.3 Å². The maximum Gasteiger partial charge on any atom is 0.267 e. The summed E-state index contributed by atoms with van der Waals surface area (Å²) in [4.78, 5) is 14.8. The second kappa shape index (κ2) is 4.91. The number of carbonyl (C=O) groups excluding carboxylic acids is 1. The number of carbonyl (C=O) groups is 1. The predicted molar refractivity (Wildman–Crippen MR) is 72.2 cm³/mol. The van der Waals surface area contributed by atoms with Crippen molar-refractivity contribution >= 4 is 28.3 Å². The summed E-state index contributed by atoms with van der Waals surface area (Å²) in [5.41, 5.74) is 2.66. The second-order valence-corrected chi connectivity index (χ2v) is 4.94. The summed E-state index contributed by atoms with van der Waals surface area (Å²) in [5, 5.41) is 16.3. The third kappa shape index (κ3) is 2.40. The van der Waals surface area contributed by atoms with E-state index in [9.17, 15) is 9.90 Å². The first-order valence-electron chi connectivity index (χ1n) is 5.78. The van der Waals surface area contributed by atoms with Crippen molar-refractivity contribution in [1.29, 1.82) is 0 Å². The maximum atomic E-state index is 11.9. The van der Waals surface area contributed by atoms with E-state index in [0.29, 0.717) is 11.3 Å². The molecule has 3 heterocycles. The average molecular weight is 276 g/mol. The highest BCUT2D eigenvalue weighted by Gasteiger charge is 2.13. The zero-order valence-corrected chi connectivity index (χ0v) is 10.7. The van der Waals surface area contributed by atoms with Crippen LogP contribution in [0.15, 0.2) is 39.6 Å². The van der Waals surface area contributed by atoms with Crippen LogP contribution in [0.3, 0.4) is 0 Å². The molecule has 0 saturated heterocycles. The molecule has 1 unspecified atom stereocenters. The predicted octanol–water partition coefficient (Wildman–Crippen LogP) is 2.29. The van der Waals surface area contributed by atoms with Gasteiger partial charge in [-0.3, -0.25) is 4.79 Å². The Morgan fingerprint density at radius 3 is 3.16 bits per heavy atom. The summed E-state index contributed by atoms with van der Waals surface area (Å²) in [6.45, 7) is 0.177. The average Bonchev–Trinajstić information content (AvgIpc) is 3.09. The number of hydrogen-bond donors (Lipinski definition) is 3. The summed E-state index contributed by atoms with van der Waals surface area (Å²) in [5.74, 6) is -0.263. The van der Waals surface area contributed by atoms with Crippen molar-refractivity contribution in [3.63, 3.8) is 0 Å². The van der Waals surface area contributed by atoms with Gasteiger partial charge < -0.3 is 19.8 Å². The van der Waals surface area contributed by atoms with Crippen LogP contribution in [0.25, 0.3) is 11.1 Å². The van der Waals surface area contributed by atoms with Crippen LogP contribution < -0.4 is 5.32 Å². The van der Waals surface area contributed by atoms with Gasteiger partial charge in [-0.2, -0.15) is 11.3 Å². The normalized spacial score (nSPS) is 12.7. The van der Waals surface area contributed by atoms with Crippen LogP contribution in [-0.4, -0.2) is 22.5 Å². The van der Waals surface area contributed by atoms with Gasteiger partial charge in [-0.25, -0.2) is 0 Å². The van der Waals surface area contributed by atoms with Gasteiger partial charge in [-0.1, -0.05) is 0 Å². The topological polar surface area (TPSA) is 78.3 Å². The zero-order valence-electron chi connectivity index (χ0n) is 9.92. The number of nitrogens with one attached hydrogen (secondary N) is 2. The largest absolute Gasteiger partial charge is 0.463 e. The van der Waals surface area contributed by atoms with E-state index in [4.69, 9.17) is 4.42 Å². The molecule has 3 N–H and O–H groups in total. The third-order valence-corrected chi connectivity index (χ3v) is 3.57. The number of H-pyrrole nitrogens is 1. The molecule has 0 fully saturated rings. The van der Waals surface area contributed by atoms with Crippen molar-refractivity contribution in [3.05, 3.63) is 46.5 Å². The Bertz CT molecular complexity index is 655. The van der Waals surface area contributed by atoms with Crippen LogP contribution in [0.2, 0.25) is 0 Å². The van der Waals surface area contributed by atoms with E-state index in [1.165, 1.54) is 11.3 Å². The monoisotopic (exact) mass is 276 g/mol. The molecule has 19 heavy (non-hydrogen) atoms. The van der Waals surface area contributed by atoms with E-state index in [1.807, 2.05) is 16.8 Å². The lowest BCUT2D eigenvalue weighted by Gasteiger charge is -2.09. The summed E-state index contributed by atoms with van der Waals surface area (Å²) in [7, 11) is 0. The van der Waals surface area contributed by atoms with Crippen molar-refractivity contribution in [2.75, 3.05) is 6.54 Å². The number of rotatable bonds is 4. The number of furan rings is 1. The molecule has 0 aliphatic rings. The Labute approximate surface area is 112 Å². The highest BCUT2D eigenvalue weighted by Crippen LogP contribution is 2.17. The first kappa shape index (κ1) is 12.0. The van der Waals surface area contributed by atoms with Gasteiger partial charge in [-0.15, -0.1) is 0 Å². The molecule has 6 heteroatoms. The van der Waals surface area contributed by atoms with Gasteiger partial charge in [0, 0.05) is 18.7 Å². The second-order valence-electron chi connectivity index (χ2n) is 4.16. The fourth-order valence-electron chi connectivity index (χ4n) is 1.84. The summed E-state index contributed by atoms with van der Waals surface area (Å²) < 4.78 is 5.17. The lowest BCUT2D eigenvalue weighted by atomic mass is 10.2. The van der Waals surface area contributed by atoms with Crippen LogP contribution in [0.1, 0.15) is 22.2 Å². The lowest BCUT2D eigenvalue weighted by Crippen LogP contribution is -2.28. The number of amides is 1.